The molecule has 1 atom stereocenters. The molecule has 0 aromatic heterocycles. The molecule has 3 rings (SSSR count). The van der Waals surface area contributed by atoms with Crippen LogP contribution in [0.5, 0.6) is 0 Å². The monoisotopic (exact) mass is 420 g/mol. The van der Waals surface area contributed by atoms with E-state index < -0.39 is 5.92 Å². The third-order valence-corrected chi connectivity index (χ3v) is 5.91. The quantitative estimate of drug-likeness (QED) is 0.780. The van der Waals surface area contributed by atoms with Crippen molar-refractivity contribution in [1.82, 2.24) is 0 Å². The minimum absolute atomic E-state index is 0.0867. The van der Waals surface area contributed by atoms with Gasteiger partial charge in [0, 0.05) is 23.1 Å². The highest BCUT2D eigenvalue weighted by molar-refractivity contribution is 9.10. The van der Waals surface area contributed by atoms with Gasteiger partial charge in [0.15, 0.2) is 0 Å². The molecule has 1 N–H and O–H groups in total. The minimum atomic E-state index is -0.395. The number of hydrogen-bond donors (Lipinski definition) is 1. The maximum atomic E-state index is 12.6. The number of carbonyl (C=O) groups excluding carboxylic acids is 2. The third-order valence-electron chi connectivity index (χ3n) is 4.34. The van der Waals surface area contributed by atoms with Crippen LogP contribution in [0.4, 0.5) is 11.4 Å². The molecule has 1 heterocycles. The van der Waals surface area contributed by atoms with E-state index >= 15 is 0 Å². The SMILES string of the molecule is Cc1cc(NC(=O)[C@H]2CC(=O)N(c3ccccc3Cl)C2)cc(C)c1Br. The zero-order valence-corrected chi connectivity index (χ0v) is 16.3. The largest absolute Gasteiger partial charge is 0.326 e. The van der Waals surface area contributed by atoms with Crippen molar-refractivity contribution < 1.29 is 9.59 Å². The average molecular weight is 422 g/mol. The normalized spacial score (nSPS) is 17.0. The first-order valence-electron chi connectivity index (χ1n) is 7.99. The summed E-state index contributed by atoms with van der Waals surface area (Å²) >= 11 is 9.70. The van der Waals surface area contributed by atoms with E-state index in [0.717, 1.165) is 21.3 Å². The lowest BCUT2D eigenvalue weighted by Gasteiger charge is -2.18. The molecule has 25 heavy (non-hydrogen) atoms. The van der Waals surface area contributed by atoms with E-state index in [1.54, 1.807) is 17.0 Å². The molecular formula is C19H18BrClN2O2. The van der Waals surface area contributed by atoms with Crippen molar-refractivity contribution in [3.63, 3.8) is 0 Å². The van der Waals surface area contributed by atoms with Crippen molar-refractivity contribution in [2.45, 2.75) is 20.3 Å². The van der Waals surface area contributed by atoms with Gasteiger partial charge in [-0.1, -0.05) is 39.7 Å². The molecule has 0 radical (unpaired) electrons. The molecule has 2 amide bonds. The summed E-state index contributed by atoms with van der Waals surface area (Å²) in [6, 6.07) is 11.0. The van der Waals surface area contributed by atoms with Gasteiger partial charge in [-0.05, 0) is 49.2 Å². The number of rotatable bonds is 3. The van der Waals surface area contributed by atoms with Crippen molar-refractivity contribution in [3.05, 3.63) is 57.0 Å². The molecular weight excluding hydrogens is 404 g/mol. The maximum absolute atomic E-state index is 12.6. The van der Waals surface area contributed by atoms with Crippen LogP contribution in [-0.4, -0.2) is 18.4 Å². The highest BCUT2D eigenvalue weighted by Crippen LogP contribution is 2.32. The fourth-order valence-electron chi connectivity index (χ4n) is 3.05. The van der Waals surface area contributed by atoms with E-state index in [1.807, 2.05) is 38.1 Å². The van der Waals surface area contributed by atoms with E-state index in [0.29, 0.717) is 17.3 Å². The number of carbonyl (C=O) groups is 2. The van der Waals surface area contributed by atoms with Crippen molar-refractivity contribution in [2.24, 2.45) is 5.92 Å². The summed E-state index contributed by atoms with van der Waals surface area (Å²) in [7, 11) is 0. The summed E-state index contributed by atoms with van der Waals surface area (Å²) in [5.74, 6) is -0.631. The van der Waals surface area contributed by atoms with E-state index in [1.165, 1.54) is 0 Å². The molecule has 0 aliphatic carbocycles. The molecule has 1 saturated heterocycles. The van der Waals surface area contributed by atoms with Gasteiger partial charge in [0.1, 0.15) is 0 Å². The van der Waals surface area contributed by atoms with Gasteiger partial charge < -0.3 is 10.2 Å². The number of amides is 2. The summed E-state index contributed by atoms with van der Waals surface area (Å²) in [5.41, 5.74) is 3.50. The molecule has 130 valence electrons. The number of hydrogen-bond acceptors (Lipinski definition) is 2. The van der Waals surface area contributed by atoms with Crippen LogP contribution in [-0.2, 0) is 9.59 Å². The predicted molar refractivity (Wildman–Crippen MR) is 104 cm³/mol. The number of nitrogens with zero attached hydrogens (tertiary/aromatic N) is 1. The molecule has 0 unspecified atom stereocenters. The number of nitrogens with one attached hydrogen (secondary N) is 1. The van der Waals surface area contributed by atoms with Crippen LogP contribution in [0.25, 0.3) is 0 Å². The highest BCUT2D eigenvalue weighted by Gasteiger charge is 2.35. The Hall–Kier alpha value is -1.85. The van der Waals surface area contributed by atoms with Crippen LogP contribution in [0.2, 0.25) is 5.02 Å². The predicted octanol–water partition coefficient (Wildman–Crippen LogP) is 4.71. The molecule has 2 aromatic rings. The number of halogens is 2. The molecule has 1 aliphatic heterocycles. The molecule has 6 heteroatoms. The Morgan fingerprint density at radius 1 is 1.24 bits per heavy atom. The van der Waals surface area contributed by atoms with Gasteiger partial charge in [0.2, 0.25) is 11.8 Å². The van der Waals surface area contributed by atoms with Crippen LogP contribution in [0.3, 0.4) is 0 Å². The Morgan fingerprint density at radius 2 is 1.88 bits per heavy atom. The molecule has 0 spiro atoms. The number of benzene rings is 2. The zero-order chi connectivity index (χ0) is 18.1. The van der Waals surface area contributed by atoms with Gasteiger partial charge in [-0.15, -0.1) is 0 Å². The molecule has 1 aliphatic rings. The second-order valence-electron chi connectivity index (χ2n) is 6.27. The van der Waals surface area contributed by atoms with Crippen LogP contribution < -0.4 is 10.2 Å². The number of aryl methyl sites for hydroxylation is 2. The second kappa shape index (κ2) is 7.18. The maximum Gasteiger partial charge on any atom is 0.229 e. The number of anilines is 2. The first-order valence-corrected chi connectivity index (χ1v) is 9.16. The van der Waals surface area contributed by atoms with Crippen LogP contribution >= 0.6 is 27.5 Å². The van der Waals surface area contributed by atoms with Gasteiger partial charge in [-0.3, -0.25) is 9.59 Å². The van der Waals surface area contributed by atoms with Crippen molar-refractivity contribution >= 4 is 50.7 Å². The standard InChI is InChI=1S/C19H18BrClN2O2/c1-11-7-14(8-12(2)18(11)20)22-19(25)13-9-17(24)23(10-13)16-6-4-3-5-15(16)21/h3-8,13H,9-10H2,1-2H3,(H,22,25)/t13-/m0/s1. The fraction of sp³-hybridized carbons (Fsp3) is 0.263. The Balaban J connectivity index is 1.74. The summed E-state index contributed by atoms with van der Waals surface area (Å²) < 4.78 is 1.03. The van der Waals surface area contributed by atoms with Crippen molar-refractivity contribution in [1.29, 1.82) is 0 Å². The molecule has 0 saturated carbocycles. The lowest BCUT2D eigenvalue weighted by molar-refractivity contribution is -0.122. The Kier molecular flexibility index (Phi) is 5.16. The van der Waals surface area contributed by atoms with Gasteiger partial charge in [0.25, 0.3) is 0 Å². The Bertz CT molecular complexity index is 830. The lowest BCUT2D eigenvalue weighted by atomic mass is 10.1. The Morgan fingerprint density at radius 3 is 2.52 bits per heavy atom. The van der Waals surface area contributed by atoms with Gasteiger partial charge >= 0.3 is 0 Å². The zero-order valence-electron chi connectivity index (χ0n) is 14.0. The first kappa shape index (κ1) is 18.0. The number of para-hydroxylation sites is 1. The highest BCUT2D eigenvalue weighted by atomic mass is 79.9. The van der Waals surface area contributed by atoms with E-state index in [-0.39, 0.29) is 18.2 Å². The van der Waals surface area contributed by atoms with Crippen LogP contribution in [0.15, 0.2) is 40.9 Å². The lowest BCUT2D eigenvalue weighted by Crippen LogP contribution is -2.28. The first-order chi connectivity index (χ1) is 11.9. The third kappa shape index (κ3) is 3.72. The molecule has 2 aromatic carbocycles. The van der Waals surface area contributed by atoms with Crippen molar-refractivity contribution in [2.75, 3.05) is 16.8 Å². The summed E-state index contributed by atoms with van der Waals surface area (Å²) in [4.78, 5) is 26.5. The van der Waals surface area contributed by atoms with Gasteiger partial charge in [-0.25, -0.2) is 0 Å². The summed E-state index contributed by atoms with van der Waals surface area (Å²) in [5, 5.41) is 3.44. The van der Waals surface area contributed by atoms with Gasteiger partial charge in [0.05, 0.1) is 16.6 Å². The van der Waals surface area contributed by atoms with E-state index in [4.69, 9.17) is 11.6 Å². The summed E-state index contributed by atoms with van der Waals surface area (Å²) in [6.07, 6.45) is 0.186. The second-order valence-corrected chi connectivity index (χ2v) is 7.47. The topological polar surface area (TPSA) is 49.4 Å². The minimum Gasteiger partial charge on any atom is -0.326 e. The smallest absolute Gasteiger partial charge is 0.229 e. The van der Waals surface area contributed by atoms with Gasteiger partial charge in [-0.2, -0.15) is 0 Å². The van der Waals surface area contributed by atoms with E-state index in [9.17, 15) is 9.59 Å². The van der Waals surface area contributed by atoms with Crippen LogP contribution in [0, 0.1) is 19.8 Å². The van der Waals surface area contributed by atoms with Crippen molar-refractivity contribution in [3.8, 4) is 0 Å². The average Bonchev–Trinajstić information content (AvgIpc) is 2.95. The Labute approximate surface area is 160 Å². The molecule has 4 nitrogen and oxygen atoms in total. The molecule has 0 bridgehead atoms. The molecule has 1 fully saturated rings. The van der Waals surface area contributed by atoms with Crippen LogP contribution in [0.1, 0.15) is 17.5 Å². The summed E-state index contributed by atoms with van der Waals surface area (Å²) in [6.45, 7) is 4.29. The fourth-order valence-corrected chi connectivity index (χ4v) is 3.52. The van der Waals surface area contributed by atoms with E-state index in [2.05, 4.69) is 21.2 Å².